The van der Waals surface area contributed by atoms with Crippen molar-refractivity contribution in [2.45, 2.75) is 12.8 Å². The van der Waals surface area contributed by atoms with E-state index in [2.05, 4.69) is 27.7 Å². The van der Waals surface area contributed by atoms with Crippen LogP contribution in [-0.4, -0.2) is 63.3 Å². The second-order valence-corrected chi connectivity index (χ2v) is 6.90. The average Bonchev–Trinajstić information content (AvgIpc) is 2.64. The lowest BCUT2D eigenvalue weighted by Gasteiger charge is -2.34. The first kappa shape index (κ1) is 17.4. The fraction of sp³-hybridized carbons (Fsp3) is 0.632. The van der Waals surface area contributed by atoms with E-state index in [9.17, 15) is 4.79 Å². The van der Waals surface area contributed by atoms with Gasteiger partial charge in [-0.2, -0.15) is 0 Å². The third-order valence-corrected chi connectivity index (χ3v) is 4.99. The van der Waals surface area contributed by atoms with E-state index >= 15 is 0 Å². The van der Waals surface area contributed by atoms with E-state index in [1.54, 1.807) is 0 Å². The summed E-state index contributed by atoms with van der Waals surface area (Å²) in [6.07, 6.45) is 1.88. The third kappa shape index (κ3) is 5.30. The van der Waals surface area contributed by atoms with Gasteiger partial charge in [-0.3, -0.25) is 9.69 Å². The van der Waals surface area contributed by atoms with Crippen LogP contribution in [0.5, 0.6) is 0 Å². The lowest BCUT2D eigenvalue weighted by atomic mass is 9.89. The van der Waals surface area contributed by atoms with E-state index in [1.165, 1.54) is 5.56 Å². The zero-order valence-electron chi connectivity index (χ0n) is 14.4. The summed E-state index contributed by atoms with van der Waals surface area (Å²) >= 11 is 0. The molecule has 3 rings (SSSR count). The van der Waals surface area contributed by atoms with E-state index in [4.69, 9.17) is 4.74 Å². The number of hydrogen-bond acceptors (Lipinski definition) is 4. The highest BCUT2D eigenvalue weighted by molar-refractivity contribution is 5.79. The number of benzene rings is 1. The number of morpholine rings is 1. The molecular weight excluding hydrogens is 302 g/mol. The standard InChI is InChI=1S/C19H29N3O2/c23-19(21-7-6-16-4-2-1-3-5-16)18-12-17(13-20-14-18)15-22-8-10-24-11-9-22/h1-5,17-18,20H,6-15H2,(H,21,23)/t17-,18+/m0/s1. The largest absolute Gasteiger partial charge is 0.379 e. The van der Waals surface area contributed by atoms with Gasteiger partial charge < -0.3 is 15.4 Å². The Hall–Kier alpha value is -1.43. The van der Waals surface area contributed by atoms with E-state index in [0.29, 0.717) is 12.5 Å². The molecular formula is C19H29N3O2. The Balaban J connectivity index is 1.39. The van der Waals surface area contributed by atoms with Crippen LogP contribution in [0.3, 0.4) is 0 Å². The first-order chi connectivity index (χ1) is 11.8. The third-order valence-electron chi connectivity index (χ3n) is 4.99. The molecule has 0 aromatic heterocycles. The Morgan fingerprint density at radius 1 is 1.21 bits per heavy atom. The predicted octanol–water partition coefficient (Wildman–Crippen LogP) is 0.903. The Labute approximate surface area is 144 Å². The Morgan fingerprint density at radius 2 is 2.00 bits per heavy atom. The van der Waals surface area contributed by atoms with Crippen LogP contribution < -0.4 is 10.6 Å². The summed E-state index contributed by atoms with van der Waals surface area (Å²) in [7, 11) is 0. The number of nitrogens with zero attached hydrogens (tertiary/aromatic N) is 1. The topological polar surface area (TPSA) is 53.6 Å². The van der Waals surface area contributed by atoms with Crippen LogP contribution in [0.25, 0.3) is 0 Å². The Morgan fingerprint density at radius 3 is 2.79 bits per heavy atom. The highest BCUT2D eigenvalue weighted by atomic mass is 16.5. The van der Waals surface area contributed by atoms with Crippen molar-refractivity contribution >= 4 is 5.91 Å². The first-order valence-corrected chi connectivity index (χ1v) is 9.13. The SMILES string of the molecule is O=C(NCCc1ccccc1)[C@H]1CNC[C@@H](CN2CCOCC2)C1. The maximum Gasteiger partial charge on any atom is 0.224 e. The van der Waals surface area contributed by atoms with Crippen molar-refractivity contribution in [2.24, 2.45) is 11.8 Å². The summed E-state index contributed by atoms with van der Waals surface area (Å²) in [5.74, 6) is 0.854. The minimum absolute atomic E-state index is 0.0977. The van der Waals surface area contributed by atoms with Crippen LogP contribution in [0.2, 0.25) is 0 Å². The number of carbonyl (C=O) groups excluding carboxylic acids is 1. The van der Waals surface area contributed by atoms with Gasteiger partial charge in [0.25, 0.3) is 0 Å². The van der Waals surface area contributed by atoms with Crippen molar-refractivity contribution in [3.8, 4) is 0 Å². The van der Waals surface area contributed by atoms with E-state index < -0.39 is 0 Å². The molecule has 1 amide bonds. The Kier molecular flexibility index (Phi) is 6.64. The molecule has 2 fully saturated rings. The maximum absolute atomic E-state index is 12.4. The lowest BCUT2D eigenvalue weighted by Crippen LogP contribution is -2.48. The molecule has 1 aromatic carbocycles. The summed E-state index contributed by atoms with van der Waals surface area (Å²) < 4.78 is 5.41. The molecule has 132 valence electrons. The van der Waals surface area contributed by atoms with Gasteiger partial charge in [0.05, 0.1) is 19.1 Å². The summed E-state index contributed by atoms with van der Waals surface area (Å²) in [6.45, 7) is 7.32. The van der Waals surface area contributed by atoms with E-state index in [0.717, 1.165) is 58.8 Å². The smallest absolute Gasteiger partial charge is 0.224 e. The summed E-state index contributed by atoms with van der Waals surface area (Å²) in [5.41, 5.74) is 1.27. The Bertz CT molecular complexity index is 503. The zero-order valence-corrected chi connectivity index (χ0v) is 14.4. The second kappa shape index (κ2) is 9.16. The lowest BCUT2D eigenvalue weighted by molar-refractivity contribution is -0.126. The first-order valence-electron chi connectivity index (χ1n) is 9.13. The number of hydrogen-bond donors (Lipinski definition) is 2. The van der Waals surface area contributed by atoms with Gasteiger partial charge >= 0.3 is 0 Å². The minimum atomic E-state index is 0.0977. The van der Waals surface area contributed by atoms with Crippen molar-refractivity contribution in [1.82, 2.24) is 15.5 Å². The van der Waals surface area contributed by atoms with Crippen LogP contribution >= 0.6 is 0 Å². The average molecular weight is 331 g/mol. The van der Waals surface area contributed by atoms with Crippen LogP contribution in [-0.2, 0) is 16.0 Å². The van der Waals surface area contributed by atoms with Gasteiger partial charge in [0.2, 0.25) is 5.91 Å². The van der Waals surface area contributed by atoms with Crippen molar-refractivity contribution in [3.63, 3.8) is 0 Å². The highest BCUT2D eigenvalue weighted by Crippen LogP contribution is 2.18. The molecule has 2 heterocycles. The number of amides is 1. The number of rotatable bonds is 6. The molecule has 5 nitrogen and oxygen atoms in total. The quantitative estimate of drug-likeness (QED) is 0.813. The maximum atomic E-state index is 12.4. The molecule has 5 heteroatoms. The normalized spacial score (nSPS) is 25.3. The molecule has 2 atom stereocenters. The van der Waals surface area contributed by atoms with Gasteiger partial charge in [-0.15, -0.1) is 0 Å². The van der Waals surface area contributed by atoms with E-state index in [1.807, 2.05) is 18.2 Å². The molecule has 0 spiro atoms. The van der Waals surface area contributed by atoms with Crippen molar-refractivity contribution in [2.75, 3.05) is 52.5 Å². The summed E-state index contributed by atoms with van der Waals surface area (Å²) in [5, 5.41) is 6.56. The molecule has 0 unspecified atom stereocenters. The molecule has 0 saturated carbocycles. The monoisotopic (exact) mass is 331 g/mol. The minimum Gasteiger partial charge on any atom is -0.379 e. The van der Waals surface area contributed by atoms with Gasteiger partial charge in [-0.25, -0.2) is 0 Å². The van der Waals surface area contributed by atoms with Gasteiger partial charge in [0.1, 0.15) is 0 Å². The number of carbonyl (C=O) groups is 1. The fourth-order valence-electron chi connectivity index (χ4n) is 3.64. The second-order valence-electron chi connectivity index (χ2n) is 6.90. The van der Waals surface area contributed by atoms with Crippen LogP contribution in [0.1, 0.15) is 12.0 Å². The summed E-state index contributed by atoms with van der Waals surface area (Å²) in [4.78, 5) is 14.9. The fourth-order valence-corrected chi connectivity index (χ4v) is 3.64. The molecule has 2 aliphatic heterocycles. The number of piperidine rings is 1. The summed E-state index contributed by atoms with van der Waals surface area (Å²) in [6, 6.07) is 10.3. The number of nitrogens with one attached hydrogen (secondary N) is 2. The van der Waals surface area contributed by atoms with Crippen LogP contribution in [0.4, 0.5) is 0 Å². The van der Waals surface area contributed by atoms with Crippen molar-refractivity contribution in [3.05, 3.63) is 35.9 Å². The van der Waals surface area contributed by atoms with Crippen molar-refractivity contribution in [1.29, 1.82) is 0 Å². The molecule has 2 saturated heterocycles. The molecule has 24 heavy (non-hydrogen) atoms. The van der Waals surface area contributed by atoms with Gasteiger partial charge in [0.15, 0.2) is 0 Å². The molecule has 0 aliphatic carbocycles. The van der Waals surface area contributed by atoms with Crippen LogP contribution in [0.15, 0.2) is 30.3 Å². The van der Waals surface area contributed by atoms with Gasteiger partial charge in [-0.05, 0) is 30.9 Å². The van der Waals surface area contributed by atoms with Gasteiger partial charge in [-0.1, -0.05) is 30.3 Å². The van der Waals surface area contributed by atoms with E-state index in [-0.39, 0.29) is 11.8 Å². The molecule has 1 aromatic rings. The van der Waals surface area contributed by atoms with Crippen LogP contribution in [0, 0.1) is 11.8 Å². The predicted molar refractivity (Wildman–Crippen MR) is 94.9 cm³/mol. The zero-order chi connectivity index (χ0) is 16.6. The molecule has 2 N–H and O–H groups in total. The van der Waals surface area contributed by atoms with Crippen molar-refractivity contribution < 1.29 is 9.53 Å². The molecule has 0 bridgehead atoms. The van der Waals surface area contributed by atoms with Gasteiger partial charge in [0, 0.05) is 32.7 Å². The number of ether oxygens (including phenoxy) is 1. The highest BCUT2D eigenvalue weighted by Gasteiger charge is 2.28. The molecule has 0 radical (unpaired) electrons. The molecule has 2 aliphatic rings.